The minimum atomic E-state index is -1.60. The highest BCUT2D eigenvalue weighted by Crippen LogP contribution is 2.39. The molecule has 1 aromatic heterocycles. The third kappa shape index (κ3) is 2.02. The Kier molecular flexibility index (Phi) is 2.83. The molecule has 6 heteroatoms. The lowest BCUT2D eigenvalue weighted by molar-refractivity contribution is -0.133. The van der Waals surface area contributed by atoms with Crippen molar-refractivity contribution in [3.8, 4) is 0 Å². The molecule has 2 aromatic rings. The lowest BCUT2D eigenvalue weighted by atomic mass is 9.90. The molecule has 1 amide bonds. The van der Waals surface area contributed by atoms with Gasteiger partial charge in [0.2, 0.25) is 0 Å². The van der Waals surface area contributed by atoms with Gasteiger partial charge in [-0.15, -0.1) is 0 Å². The Labute approximate surface area is 117 Å². The minimum absolute atomic E-state index is 0.0934. The minimum Gasteiger partial charge on any atom is -0.375 e. The number of amides is 1. The van der Waals surface area contributed by atoms with Crippen molar-refractivity contribution in [1.29, 1.82) is 0 Å². The highest BCUT2D eigenvalue weighted by Gasteiger charge is 2.45. The van der Waals surface area contributed by atoms with Gasteiger partial charge in [0, 0.05) is 40.7 Å². The van der Waals surface area contributed by atoms with Gasteiger partial charge in [-0.25, -0.2) is 0 Å². The molecule has 2 N–H and O–H groups in total. The van der Waals surface area contributed by atoms with Crippen molar-refractivity contribution < 1.29 is 9.90 Å². The van der Waals surface area contributed by atoms with Crippen LogP contribution < -0.4 is 5.32 Å². The number of rotatable bonds is 2. The van der Waals surface area contributed by atoms with E-state index in [4.69, 9.17) is 0 Å². The first-order chi connectivity index (χ1) is 9.09. The molecule has 0 saturated heterocycles. The van der Waals surface area contributed by atoms with Crippen LogP contribution in [0.2, 0.25) is 0 Å². The number of benzene rings is 1. The average molecular weight is 320 g/mol. The highest BCUT2D eigenvalue weighted by molar-refractivity contribution is 9.10. The molecule has 0 unspecified atom stereocenters. The van der Waals surface area contributed by atoms with E-state index < -0.39 is 11.5 Å². The lowest BCUT2D eigenvalue weighted by Gasteiger charge is -2.20. The number of hydrogen-bond acceptors (Lipinski definition) is 4. The average Bonchev–Trinajstić information content (AvgIpc) is 2.64. The Balaban J connectivity index is 2.04. The summed E-state index contributed by atoms with van der Waals surface area (Å²) in [4.78, 5) is 20.1. The van der Waals surface area contributed by atoms with Gasteiger partial charge in [-0.2, -0.15) is 0 Å². The second-order valence-corrected chi connectivity index (χ2v) is 5.29. The van der Waals surface area contributed by atoms with Gasteiger partial charge in [0.15, 0.2) is 5.60 Å². The number of carbonyl (C=O) groups is 1. The summed E-state index contributed by atoms with van der Waals surface area (Å²) < 4.78 is 0.806. The van der Waals surface area contributed by atoms with Crippen LogP contribution in [0.4, 0.5) is 5.69 Å². The van der Waals surface area contributed by atoms with Crippen molar-refractivity contribution in [2.75, 3.05) is 5.32 Å². The Morgan fingerprint density at radius 3 is 2.95 bits per heavy atom. The number of aromatic nitrogens is 2. The molecule has 0 fully saturated rings. The predicted molar refractivity (Wildman–Crippen MR) is 72.4 cm³/mol. The molecule has 1 aromatic carbocycles. The molecule has 1 aliphatic heterocycles. The predicted octanol–water partition coefficient (Wildman–Crippen LogP) is 1.62. The van der Waals surface area contributed by atoms with Crippen LogP contribution in [0.5, 0.6) is 0 Å². The van der Waals surface area contributed by atoms with Gasteiger partial charge in [-0.1, -0.05) is 15.9 Å². The van der Waals surface area contributed by atoms with Crippen molar-refractivity contribution in [1.82, 2.24) is 9.97 Å². The Bertz CT molecular complexity index is 648. The Hall–Kier alpha value is -1.79. The SMILES string of the molecule is O=C1Nc2ccc(Br)cc2[C@@]1(O)Cc1cnccn1. The normalized spacial score (nSPS) is 21.1. The zero-order chi connectivity index (χ0) is 13.5. The van der Waals surface area contributed by atoms with E-state index in [0.717, 1.165) is 4.47 Å². The fourth-order valence-corrected chi connectivity index (χ4v) is 2.54. The van der Waals surface area contributed by atoms with Gasteiger partial charge < -0.3 is 10.4 Å². The Morgan fingerprint density at radius 2 is 2.21 bits per heavy atom. The number of anilines is 1. The Morgan fingerprint density at radius 1 is 1.37 bits per heavy atom. The number of hydrogen-bond donors (Lipinski definition) is 2. The topological polar surface area (TPSA) is 75.1 Å². The molecule has 0 aliphatic carbocycles. The molecule has 3 rings (SSSR count). The van der Waals surface area contributed by atoms with Crippen LogP contribution in [-0.2, 0) is 16.8 Å². The second kappa shape index (κ2) is 4.40. The molecule has 5 nitrogen and oxygen atoms in total. The summed E-state index contributed by atoms with van der Waals surface area (Å²) in [6.45, 7) is 0. The molecule has 0 spiro atoms. The van der Waals surface area contributed by atoms with Gasteiger partial charge in [-0.05, 0) is 18.2 Å². The maximum absolute atomic E-state index is 12.0. The first-order valence-electron chi connectivity index (χ1n) is 5.68. The van der Waals surface area contributed by atoms with E-state index >= 15 is 0 Å². The third-order valence-electron chi connectivity index (χ3n) is 3.10. The summed E-state index contributed by atoms with van der Waals surface area (Å²) in [6, 6.07) is 5.31. The van der Waals surface area contributed by atoms with Crippen LogP contribution in [-0.4, -0.2) is 21.0 Å². The smallest absolute Gasteiger partial charge is 0.261 e. The van der Waals surface area contributed by atoms with Crippen molar-refractivity contribution in [2.24, 2.45) is 0 Å². The fraction of sp³-hybridized carbons (Fsp3) is 0.154. The second-order valence-electron chi connectivity index (χ2n) is 4.38. The third-order valence-corrected chi connectivity index (χ3v) is 3.60. The molecule has 19 heavy (non-hydrogen) atoms. The van der Waals surface area contributed by atoms with Crippen molar-refractivity contribution in [3.63, 3.8) is 0 Å². The molecule has 96 valence electrons. The van der Waals surface area contributed by atoms with Gasteiger partial charge in [0.25, 0.3) is 5.91 Å². The molecule has 0 saturated carbocycles. The maximum Gasteiger partial charge on any atom is 0.261 e. The molecular formula is C13H10BrN3O2. The van der Waals surface area contributed by atoms with Crippen LogP contribution in [0.3, 0.4) is 0 Å². The highest BCUT2D eigenvalue weighted by atomic mass is 79.9. The lowest BCUT2D eigenvalue weighted by Crippen LogP contribution is -2.36. The number of nitrogens with zero attached hydrogens (tertiary/aromatic N) is 2. The molecule has 1 aliphatic rings. The zero-order valence-corrected chi connectivity index (χ0v) is 11.4. The monoisotopic (exact) mass is 319 g/mol. The van der Waals surface area contributed by atoms with Crippen LogP contribution in [0.25, 0.3) is 0 Å². The number of nitrogens with one attached hydrogen (secondary N) is 1. The molecule has 0 radical (unpaired) electrons. The molecule has 2 heterocycles. The van der Waals surface area contributed by atoms with Crippen LogP contribution in [0.15, 0.2) is 41.3 Å². The van der Waals surface area contributed by atoms with E-state index in [1.165, 1.54) is 6.20 Å². The van der Waals surface area contributed by atoms with E-state index in [2.05, 4.69) is 31.2 Å². The van der Waals surface area contributed by atoms with E-state index in [1.807, 2.05) is 6.07 Å². The van der Waals surface area contributed by atoms with Crippen molar-refractivity contribution >= 4 is 27.5 Å². The van der Waals surface area contributed by atoms with Crippen LogP contribution in [0, 0.1) is 0 Å². The zero-order valence-electron chi connectivity index (χ0n) is 9.80. The largest absolute Gasteiger partial charge is 0.375 e. The van der Waals surface area contributed by atoms with Gasteiger partial charge >= 0.3 is 0 Å². The summed E-state index contributed by atoms with van der Waals surface area (Å²) in [6.07, 6.45) is 4.72. The van der Waals surface area contributed by atoms with E-state index in [1.54, 1.807) is 24.5 Å². The first-order valence-corrected chi connectivity index (χ1v) is 6.48. The van der Waals surface area contributed by atoms with Gasteiger partial charge in [0.05, 0.1) is 5.69 Å². The first kappa shape index (κ1) is 12.3. The van der Waals surface area contributed by atoms with Crippen molar-refractivity contribution in [3.05, 3.63) is 52.5 Å². The van der Waals surface area contributed by atoms with Crippen LogP contribution in [0.1, 0.15) is 11.3 Å². The van der Waals surface area contributed by atoms with Gasteiger partial charge in [-0.3, -0.25) is 14.8 Å². The number of fused-ring (bicyclic) bond motifs is 1. The van der Waals surface area contributed by atoms with Crippen LogP contribution >= 0.6 is 15.9 Å². The van der Waals surface area contributed by atoms with E-state index in [0.29, 0.717) is 16.9 Å². The summed E-state index contributed by atoms with van der Waals surface area (Å²) in [7, 11) is 0. The molecular weight excluding hydrogens is 310 g/mol. The number of halogens is 1. The number of aliphatic hydroxyl groups is 1. The number of carbonyl (C=O) groups excluding carboxylic acids is 1. The quantitative estimate of drug-likeness (QED) is 0.882. The molecule has 0 bridgehead atoms. The summed E-state index contributed by atoms with van der Waals surface area (Å²) in [5.41, 5.74) is 0.139. The fourth-order valence-electron chi connectivity index (χ4n) is 2.17. The standard InChI is InChI=1S/C13H10BrN3O2/c14-8-1-2-11-10(5-8)13(19,12(18)17-11)6-9-7-15-3-4-16-9/h1-5,7,19H,6H2,(H,17,18)/t13-/m0/s1. The summed E-state index contributed by atoms with van der Waals surface area (Å²) in [5.74, 6) is -0.439. The summed E-state index contributed by atoms with van der Waals surface area (Å²) >= 11 is 3.34. The van der Waals surface area contributed by atoms with E-state index in [-0.39, 0.29) is 6.42 Å². The van der Waals surface area contributed by atoms with E-state index in [9.17, 15) is 9.90 Å². The van der Waals surface area contributed by atoms with Crippen molar-refractivity contribution in [2.45, 2.75) is 12.0 Å². The maximum atomic E-state index is 12.0. The van der Waals surface area contributed by atoms with Gasteiger partial charge in [0.1, 0.15) is 0 Å². The molecule has 1 atom stereocenters. The summed E-state index contributed by atoms with van der Waals surface area (Å²) in [5, 5.41) is 13.4.